The van der Waals surface area contributed by atoms with Crippen molar-refractivity contribution in [2.45, 2.75) is 25.1 Å². The summed E-state index contributed by atoms with van der Waals surface area (Å²) in [6.07, 6.45) is -3.77. The smallest absolute Gasteiger partial charge is 0.416 e. The minimum absolute atomic E-state index is 0.0685. The quantitative estimate of drug-likeness (QED) is 0.649. The molecule has 0 aliphatic carbocycles. The monoisotopic (exact) mass is 400 g/mol. The molecule has 4 nitrogen and oxygen atoms in total. The second-order valence-corrected chi connectivity index (χ2v) is 7.08. The largest absolute Gasteiger partial charge is 0.472 e. The molecule has 0 bridgehead atoms. The molecule has 0 spiro atoms. The van der Waals surface area contributed by atoms with Gasteiger partial charge in [0.1, 0.15) is 6.10 Å². The van der Waals surface area contributed by atoms with Crippen molar-refractivity contribution >= 4 is 16.8 Å². The number of fused-ring (bicyclic) bond motifs is 1. The second kappa shape index (κ2) is 7.73. The van der Waals surface area contributed by atoms with Crippen LogP contribution in [0.25, 0.3) is 10.9 Å². The maximum absolute atomic E-state index is 12.6. The third-order valence-corrected chi connectivity index (χ3v) is 4.99. The summed E-state index contributed by atoms with van der Waals surface area (Å²) >= 11 is 0. The zero-order chi connectivity index (χ0) is 20.4. The molecule has 2 heterocycles. The Hall–Kier alpha value is -3.09. The molecule has 1 saturated heterocycles. The molecule has 150 valence electrons. The van der Waals surface area contributed by atoms with E-state index in [0.717, 1.165) is 23.0 Å². The molecule has 1 atom stereocenters. The number of pyridine rings is 1. The molecule has 4 rings (SSSR count). The van der Waals surface area contributed by atoms with Crippen LogP contribution in [0.2, 0.25) is 0 Å². The Kier molecular flexibility index (Phi) is 5.13. The Morgan fingerprint density at radius 1 is 1.07 bits per heavy atom. The maximum atomic E-state index is 12.6. The van der Waals surface area contributed by atoms with Crippen molar-refractivity contribution in [3.05, 3.63) is 71.8 Å². The first-order valence-corrected chi connectivity index (χ1v) is 9.35. The van der Waals surface area contributed by atoms with Crippen LogP contribution in [0.4, 0.5) is 13.2 Å². The van der Waals surface area contributed by atoms with Crippen LogP contribution in [0.15, 0.2) is 60.7 Å². The number of hydrogen-bond donors (Lipinski definition) is 0. The number of likely N-dealkylation sites (tertiary alicyclic amines) is 1. The predicted octanol–water partition coefficient (Wildman–Crippen LogP) is 4.48. The highest BCUT2D eigenvalue weighted by molar-refractivity contribution is 5.79. The predicted molar refractivity (Wildman–Crippen MR) is 103 cm³/mol. The molecule has 0 unspecified atom stereocenters. The van der Waals surface area contributed by atoms with Crippen molar-refractivity contribution in [3.8, 4) is 5.88 Å². The van der Waals surface area contributed by atoms with Gasteiger partial charge in [-0.15, -0.1) is 0 Å². The lowest BCUT2D eigenvalue weighted by Crippen LogP contribution is -2.32. The summed E-state index contributed by atoms with van der Waals surface area (Å²) in [5.74, 6) is 0.396. The van der Waals surface area contributed by atoms with E-state index in [9.17, 15) is 18.0 Å². The number of aromatic nitrogens is 1. The van der Waals surface area contributed by atoms with E-state index in [1.165, 1.54) is 12.1 Å². The molecule has 3 aromatic rings. The summed E-state index contributed by atoms with van der Waals surface area (Å²) in [5.41, 5.74) is 0.688. The van der Waals surface area contributed by atoms with Crippen molar-refractivity contribution in [2.24, 2.45) is 0 Å². The van der Waals surface area contributed by atoms with Gasteiger partial charge in [-0.3, -0.25) is 4.79 Å². The van der Waals surface area contributed by atoms with Crippen molar-refractivity contribution in [3.63, 3.8) is 0 Å². The van der Waals surface area contributed by atoms with Gasteiger partial charge < -0.3 is 9.64 Å². The number of alkyl halides is 3. The molecular weight excluding hydrogens is 381 g/mol. The normalized spacial score (nSPS) is 16.9. The third-order valence-electron chi connectivity index (χ3n) is 4.99. The summed E-state index contributed by atoms with van der Waals surface area (Å²) in [6.45, 7) is 0.992. The van der Waals surface area contributed by atoms with Crippen LogP contribution >= 0.6 is 0 Å². The Labute approximate surface area is 165 Å². The second-order valence-electron chi connectivity index (χ2n) is 7.08. The molecule has 0 saturated carbocycles. The van der Waals surface area contributed by atoms with Gasteiger partial charge in [-0.2, -0.15) is 13.2 Å². The van der Waals surface area contributed by atoms with Gasteiger partial charge in [-0.25, -0.2) is 4.98 Å². The van der Waals surface area contributed by atoms with E-state index < -0.39 is 11.7 Å². The number of nitrogens with zero attached hydrogens (tertiary/aromatic N) is 2. The molecule has 0 radical (unpaired) electrons. The Morgan fingerprint density at radius 2 is 1.83 bits per heavy atom. The summed E-state index contributed by atoms with van der Waals surface area (Å²) in [7, 11) is 0. The van der Waals surface area contributed by atoms with Gasteiger partial charge in [0.05, 0.1) is 24.0 Å². The van der Waals surface area contributed by atoms with Gasteiger partial charge in [0.2, 0.25) is 11.8 Å². The third kappa shape index (κ3) is 4.50. The standard InChI is InChI=1S/C22H19F3N2O2/c23-22(24,25)17-8-5-15(6-9-17)13-21(28)27-12-11-18(14-27)29-20-10-7-16-3-1-2-4-19(16)26-20/h1-10,18H,11-14H2/t18-/m1/s1. The van der Waals surface area contributed by atoms with E-state index in [2.05, 4.69) is 4.98 Å². The lowest BCUT2D eigenvalue weighted by atomic mass is 10.1. The average Bonchev–Trinajstić information content (AvgIpc) is 3.16. The molecule has 1 aliphatic heterocycles. The van der Waals surface area contributed by atoms with Crippen molar-refractivity contribution < 1.29 is 22.7 Å². The van der Waals surface area contributed by atoms with Gasteiger partial charge >= 0.3 is 6.18 Å². The number of para-hydroxylation sites is 1. The fourth-order valence-corrected chi connectivity index (χ4v) is 3.43. The van der Waals surface area contributed by atoms with Gasteiger partial charge in [0.15, 0.2) is 0 Å². The van der Waals surface area contributed by atoms with E-state index in [1.807, 2.05) is 36.4 Å². The molecule has 29 heavy (non-hydrogen) atoms. The molecule has 1 amide bonds. The zero-order valence-electron chi connectivity index (χ0n) is 15.5. The number of hydrogen-bond acceptors (Lipinski definition) is 3. The summed E-state index contributed by atoms with van der Waals surface area (Å²) in [4.78, 5) is 18.7. The number of carbonyl (C=O) groups is 1. The molecule has 0 N–H and O–H groups in total. The van der Waals surface area contributed by atoms with Crippen LogP contribution in [0.3, 0.4) is 0 Å². The number of ether oxygens (including phenoxy) is 1. The van der Waals surface area contributed by atoms with Gasteiger partial charge in [-0.1, -0.05) is 30.3 Å². The van der Waals surface area contributed by atoms with E-state index in [1.54, 1.807) is 4.90 Å². The highest BCUT2D eigenvalue weighted by Crippen LogP contribution is 2.29. The topological polar surface area (TPSA) is 42.4 Å². The lowest BCUT2D eigenvalue weighted by molar-refractivity contribution is -0.137. The Balaban J connectivity index is 1.34. The Bertz CT molecular complexity index is 1020. The SMILES string of the molecule is O=C(Cc1ccc(C(F)(F)F)cc1)N1CC[C@@H](Oc2ccc3ccccc3n2)C1. The van der Waals surface area contributed by atoms with Gasteiger partial charge in [0, 0.05) is 24.4 Å². The maximum Gasteiger partial charge on any atom is 0.416 e. The number of halogens is 3. The van der Waals surface area contributed by atoms with E-state index in [-0.39, 0.29) is 18.4 Å². The number of amides is 1. The first kappa shape index (κ1) is 19.2. The van der Waals surface area contributed by atoms with Crippen LogP contribution in [0.5, 0.6) is 5.88 Å². The average molecular weight is 400 g/mol. The van der Waals surface area contributed by atoms with Crippen LogP contribution in [0, 0.1) is 0 Å². The minimum Gasteiger partial charge on any atom is -0.472 e. The summed E-state index contributed by atoms with van der Waals surface area (Å²) in [5, 5.41) is 1.03. The minimum atomic E-state index is -4.38. The fourth-order valence-electron chi connectivity index (χ4n) is 3.43. The molecule has 7 heteroatoms. The van der Waals surface area contributed by atoms with Crippen LogP contribution < -0.4 is 4.74 Å². The van der Waals surface area contributed by atoms with Crippen molar-refractivity contribution in [2.75, 3.05) is 13.1 Å². The Morgan fingerprint density at radius 3 is 2.59 bits per heavy atom. The number of carbonyl (C=O) groups excluding carboxylic acids is 1. The zero-order valence-corrected chi connectivity index (χ0v) is 15.5. The first-order chi connectivity index (χ1) is 13.9. The van der Waals surface area contributed by atoms with E-state index in [0.29, 0.717) is 31.0 Å². The van der Waals surface area contributed by atoms with Crippen LogP contribution in [-0.2, 0) is 17.4 Å². The molecule has 1 aromatic heterocycles. The lowest BCUT2D eigenvalue weighted by Gasteiger charge is -2.17. The first-order valence-electron chi connectivity index (χ1n) is 9.35. The molecular formula is C22H19F3N2O2. The van der Waals surface area contributed by atoms with Gasteiger partial charge in [-0.05, 0) is 29.8 Å². The van der Waals surface area contributed by atoms with Crippen LogP contribution in [-0.4, -0.2) is 35.0 Å². The summed E-state index contributed by atoms with van der Waals surface area (Å²) < 4.78 is 43.9. The highest BCUT2D eigenvalue weighted by atomic mass is 19.4. The molecule has 1 fully saturated rings. The highest BCUT2D eigenvalue weighted by Gasteiger charge is 2.31. The van der Waals surface area contributed by atoms with E-state index >= 15 is 0 Å². The summed E-state index contributed by atoms with van der Waals surface area (Å²) in [6, 6.07) is 16.2. The van der Waals surface area contributed by atoms with Crippen molar-refractivity contribution in [1.29, 1.82) is 0 Å². The fraction of sp³-hybridized carbons (Fsp3) is 0.273. The number of benzene rings is 2. The molecule has 1 aliphatic rings. The van der Waals surface area contributed by atoms with Crippen LogP contribution in [0.1, 0.15) is 17.5 Å². The van der Waals surface area contributed by atoms with Crippen molar-refractivity contribution in [1.82, 2.24) is 9.88 Å². The number of rotatable bonds is 4. The van der Waals surface area contributed by atoms with Gasteiger partial charge in [0.25, 0.3) is 0 Å². The molecule has 2 aromatic carbocycles. The van der Waals surface area contributed by atoms with E-state index in [4.69, 9.17) is 4.74 Å².